The fraction of sp³-hybridized carbons (Fsp3) is 0.100. The van der Waals surface area contributed by atoms with Crippen LogP contribution >= 0.6 is 0 Å². The van der Waals surface area contributed by atoms with Gasteiger partial charge in [0.05, 0.1) is 5.56 Å². The molecule has 0 unspecified atom stereocenters. The molecule has 1 aliphatic rings. The molecule has 0 saturated heterocycles. The summed E-state index contributed by atoms with van der Waals surface area (Å²) in [6.07, 6.45) is 4.63. The van der Waals surface area contributed by atoms with Gasteiger partial charge in [0.2, 0.25) is 0 Å². The van der Waals surface area contributed by atoms with Crippen molar-refractivity contribution in [3.63, 3.8) is 0 Å². The first-order valence-corrected chi connectivity index (χ1v) is 4.05. The topological polar surface area (TPSA) is 49.3 Å². The summed E-state index contributed by atoms with van der Waals surface area (Å²) in [5.74, 6) is -0.877. The lowest BCUT2D eigenvalue weighted by molar-refractivity contribution is 0.0697. The molecule has 3 heteroatoms. The molecular weight excluding hydrogens is 166 g/mol. The minimum absolute atomic E-state index is 0.343. The molecule has 0 radical (unpaired) electrons. The monoisotopic (exact) mass is 175 g/mol. The highest BCUT2D eigenvalue weighted by Crippen LogP contribution is 2.21. The van der Waals surface area contributed by atoms with Crippen LogP contribution in [-0.2, 0) is 6.42 Å². The van der Waals surface area contributed by atoms with E-state index in [1.54, 1.807) is 18.2 Å². The highest BCUT2D eigenvalue weighted by atomic mass is 16.4. The molecule has 1 aromatic rings. The van der Waals surface area contributed by atoms with E-state index in [0.29, 0.717) is 5.56 Å². The summed E-state index contributed by atoms with van der Waals surface area (Å²) in [5.41, 5.74) is 2.37. The maximum Gasteiger partial charge on any atom is 0.335 e. The van der Waals surface area contributed by atoms with Crippen LogP contribution in [0.15, 0.2) is 30.5 Å². The minimum Gasteiger partial charge on any atom is -0.478 e. The van der Waals surface area contributed by atoms with E-state index in [2.05, 4.69) is 5.32 Å². The number of nitrogens with one attached hydrogen (secondary N) is 1. The van der Waals surface area contributed by atoms with E-state index in [4.69, 9.17) is 5.11 Å². The number of rotatable bonds is 1. The van der Waals surface area contributed by atoms with Gasteiger partial charge in [-0.2, -0.15) is 0 Å². The quantitative estimate of drug-likeness (QED) is 0.685. The van der Waals surface area contributed by atoms with Crippen molar-refractivity contribution >= 4 is 11.7 Å². The maximum atomic E-state index is 10.6. The average molecular weight is 175 g/mol. The predicted molar refractivity (Wildman–Crippen MR) is 49.9 cm³/mol. The van der Waals surface area contributed by atoms with E-state index < -0.39 is 5.97 Å². The van der Waals surface area contributed by atoms with Gasteiger partial charge in [0.1, 0.15) is 0 Å². The Morgan fingerprint density at radius 2 is 2.31 bits per heavy atom. The molecule has 0 fully saturated rings. The van der Waals surface area contributed by atoms with E-state index in [-0.39, 0.29) is 0 Å². The largest absolute Gasteiger partial charge is 0.478 e. The number of hydrogen-bond acceptors (Lipinski definition) is 2. The summed E-state index contributed by atoms with van der Waals surface area (Å²) in [6, 6.07) is 5.10. The zero-order valence-corrected chi connectivity index (χ0v) is 6.95. The summed E-state index contributed by atoms with van der Waals surface area (Å²) in [4.78, 5) is 10.6. The highest BCUT2D eigenvalue weighted by molar-refractivity contribution is 5.88. The predicted octanol–water partition coefficient (Wildman–Crippen LogP) is 1.87. The van der Waals surface area contributed by atoms with Crippen LogP contribution in [0, 0.1) is 0 Å². The summed E-state index contributed by atoms with van der Waals surface area (Å²) in [7, 11) is 0. The Labute approximate surface area is 75.7 Å². The third kappa shape index (κ3) is 1.40. The van der Waals surface area contributed by atoms with Gasteiger partial charge in [-0.05, 0) is 36.4 Å². The van der Waals surface area contributed by atoms with E-state index in [0.717, 1.165) is 17.7 Å². The van der Waals surface area contributed by atoms with Crippen molar-refractivity contribution in [3.05, 3.63) is 41.6 Å². The summed E-state index contributed by atoms with van der Waals surface area (Å²) in [6.45, 7) is 0. The first-order valence-electron chi connectivity index (χ1n) is 4.05. The molecule has 0 bridgehead atoms. The fourth-order valence-corrected chi connectivity index (χ4v) is 1.37. The molecule has 0 atom stereocenters. The molecule has 0 saturated carbocycles. The molecule has 0 spiro atoms. The summed E-state index contributed by atoms with van der Waals surface area (Å²) in [5, 5.41) is 11.8. The zero-order chi connectivity index (χ0) is 9.26. The second kappa shape index (κ2) is 2.94. The number of hydrogen-bond donors (Lipinski definition) is 2. The van der Waals surface area contributed by atoms with Crippen molar-refractivity contribution < 1.29 is 9.90 Å². The number of benzene rings is 1. The second-order valence-electron chi connectivity index (χ2n) is 2.93. The van der Waals surface area contributed by atoms with Gasteiger partial charge in [0.25, 0.3) is 0 Å². The number of anilines is 1. The number of carbonyl (C=O) groups is 1. The van der Waals surface area contributed by atoms with Gasteiger partial charge in [0.15, 0.2) is 0 Å². The molecule has 0 aromatic heterocycles. The maximum absolute atomic E-state index is 10.6. The van der Waals surface area contributed by atoms with Gasteiger partial charge in [0, 0.05) is 5.69 Å². The number of fused-ring (bicyclic) bond motifs is 1. The summed E-state index contributed by atoms with van der Waals surface area (Å²) >= 11 is 0. The number of carboxylic acids is 1. The van der Waals surface area contributed by atoms with E-state index in [1.807, 2.05) is 12.3 Å². The Morgan fingerprint density at radius 3 is 3.08 bits per heavy atom. The Kier molecular flexibility index (Phi) is 1.77. The third-order valence-corrected chi connectivity index (χ3v) is 2.05. The zero-order valence-electron chi connectivity index (χ0n) is 6.95. The van der Waals surface area contributed by atoms with Crippen LogP contribution in [0.5, 0.6) is 0 Å². The smallest absolute Gasteiger partial charge is 0.335 e. The van der Waals surface area contributed by atoms with Gasteiger partial charge in [-0.3, -0.25) is 0 Å². The van der Waals surface area contributed by atoms with Crippen LogP contribution in [0.3, 0.4) is 0 Å². The van der Waals surface area contributed by atoms with E-state index in [1.165, 1.54) is 0 Å². The van der Waals surface area contributed by atoms with Crippen LogP contribution < -0.4 is 5.32 Å². The standard InChI is InChI=1S/C10H9NO2/c12-10(13)8-3-4-9-7(6-8)2-1-5-11-9/h1,3-6,11H,2H2,(H,12,13). The molecule has 1 aliphatic heterocycles. The summed E-state index contributed by atoms with van der Waals surface area (Å²) < 4.78 is 0. The first kappa shape index (κ1) is 7.86. The Morgan fingerprint density at radius 1 is 1.46 bits per heavy atom. The molecule has 13 heavy (non-hydrogen) atoms. The Hall–Kier alpha value is -1.77. The lowest BCUT2D eigenvalue weighted by atomic mass is 10.0. The molecule has 2 rings (SSSR count). The van der Waals surface area contributed by atoms with Gasteiger partial charge in [-0.25, -0.2) is 4.79 Å². The lowest BCUT2D eigenvalue weighted by Gasteiger charge is -2.12. The molecule has 0 aliphatic carbocycles. The van der Waals surface area contributed by atoms with Gasteiger partial charge >= 0.3 is 5.97 Å². The van der Waals surface area contributed by atoms with Crippen LogP contribution in [0.2, 0.25) is 0 Å². The molecular formula is C10H9NO2. The van der Waals surface area contributed by atoms with Crippen molar-refractivity contribution in [1.29, 1.82) is 0 Å². The average Bonchev–Trinajstić information content (AvgIpc) is 2.17. The molecule has 0 amide bonds. The number of carboxylic acid groups (broad SMARTS) is 1. The SMILES string of the molecule is O=C(O)c1ccc2c(c1)CC=CN2. The van der Waals surface area contributed by atoms with Crippen LogP contribution in [0.1, 0.15) is 15.9 Å². The molecule has 1 heterocycles. The van der Waals surface area contributed by atoms with Gasteiger partial charge < -0.3 is 10.4 Å². The van der Waals surface area contributed by atoms with Crippen LogP contribution in [-0.4, -0.2) is 11.1 Å². The van der Waals surface area contributed by atoms with Crippen molar-refractivity contribution in [1.82, 2.24) is 0 Å². The number of aromatic carboxylic acids is 1. The van der Waals surface area contributed by atoms with E-state index in [9.17, 15) is 4.79 Å². The van der Waals surface area contributed by atoms with E-state index >= 15 is 0 Å². The van der Waals surface area contributed by atoms with Crippen molar-refractivity contribution in [2.24, 2.45) is 0 Å². The Balaban J connectivity index is 2.44. The van der Waals surface area contributed by atoms with Gasteiger partial charge in [-0.15, -0.1) is 0 Å². The number of allylic oxidation sites excluding steroid dienone is 1. The lowest BCUT2D eigenvalue weighted by Crippen LogP contribution is -2.03. The van der Waals surface area contributed by atoms with Crippen molar-refractivity contribution in [2.45, 2.75) is 6.42 Å². The normalized spacial score (nSPS) is 13.2. The molecule has 2 N–H and O–H groups in total. The van der Waals surface area contributed by atoms with Crippen LogP contribution in [0.4, 0.5) is 5.69 Å². The van der Waals surface area contributed by atoms with Crippen molar-refractivity contribution in [2.75, 3.05) is 5.32 Å². The van der Waals surface area contributed by atoms with Crippen molar-refractivity contribution in [3.8, 4) is 0 Å². The first-order chi connectivity index (χ1) is 6.27. The minimum atomic E-state index is -0.877. The third-order valence-electron chi connectivity index (χ3n) is 2.05. The Bertz CT molecular complexity index is 383. The highest BCUT2D eigenvalue weighted by Gasteiger charge is 2.08. The molecule has 3 nitrogen and oxygen atoms in total. The van der Waals surface area contributed by atoms with Crippen LogP contribution in [0.25, 0.3) is 0 Å². The molecule has 66 valence electrons. The second-order valence-corrected chi connectivity index (χ2v) is 2.93. The molecule has 1 aromatic carbocycles. The fourth-order valence-electron chi connectivity index (χ4n) is 1.37. The van der Waals surface area contributed by atoms with Gasteiger partial charge in [-0.1, -0.05) is 6.08 Å².